The van der Waals surface area contributed by atoms with Crippen molar-refractivity contribution in [3.05, 3.63) is 35.5 Å². The highest BCUT2D eigenvalue weighted by atomic mass is 19.4. The number of benzene rings is 1. The molecule has 10 nitrogen and oxygen atoms in total. The van der Waals surface area contributed by atoms with Crippen LogP contribution in [0.2, 0.25) is 0 Å². The van der Waals surface area contributed by atoms with Crippen molar-refractivity contribution in [1.29, 1.82) is 0 Å². The summed E-state index contributed by atoms with van der Waals surface area (Å²) in [7, 11) is 3.52. The fourth-order valence-corrected chi connectivity index (χ4v) is 4.68. The highest BCUT2D eigenvalue weighted by molar-refractivity contribution is 5.95. The molecule has 2 heterocycles. The molecule has 43 heavy (non-hydrogen) atoms. The van der Waals surface area contributed by atoms with Crippen LogP contribution in [0.3, 0.4) is 0 Å². The Morgan fingerprint density at radius 2 is 1.65 bits per heavy atom. The number of piperidine rings is 1. The van der Waals surface area contributed by atoms with Crippen LogP contribution in [0, 0.1) is 5.41 Å². The molecule has 0 spiro atoms. The topological polar surface area (TPSA) is 134 Å². The summed E-state index contributed by atoms with van der Waals surface area (Å²) in [6.45, 7) is 7.23. The van der Waals surface area contributed by atoms with Crippen LogP contribution in [0.15, 0.2) is 24.4 Å². The second-order valence-electron chi connectivity index (χ2n) is 12.1. The number of aromatic nitrogens is 2. The number of nitrogens with two attached hydrogens (primary N) is 1. The van der Waals surface area contributed by atoms with Crippen LogP contribution in [0.5, 0.6) is 5.75 Å². The summed E-state index contributed by atoms with van der Waals surface area (Å²) in [4.78, 5) is 33.3. The van der Waals surface area contributed by atoms with E-state index in [2.05, 4.69) is 37.9 Å². The fourth-order valence-electron chi connectivity index (χ4n) is 4.68. The number of nitrogens with one attached hydrogen (secondary N) is 3. The number of primary amides is 1. The molecule has 4 rings (SSSR count). The summed E-state index contributed by atoms with van der Waals surface area (Å²) in [6, 6.07) is 4.93. The molecule has 13 heteroatoms. The van der Waals surface area contributed by atoms with Gasteiger partial charge >= 0.3 is 6.18 Å². The number of halogens is 3. The Bertz CT molecular complexity index is 1240. The van der Waals surface area contributed by atoms with Gasteiger partial charge in [0.2, 0.25) is 11.9 Å². The van der Waals surface area contributed by atoms with Gasteiger partial charge in [-0.15, -0.1) is 0 Å². The van der Waals surface area contributed by atoms with Crippen molar-refractivity contribution < 1.29 is 27.5 Å². The number of carbonyl (C=O) groups is 2. The highest BCUT2D eigenvalue weighted by Crippen LogP contribution is 2.36. The van der Waals surface area contributed by atoms with Gasteiger partial charge in [-0.1, -0.05) is 40.0 Å². The Hall–Kier alpha value is -3.61. The van der Waals surface area contributed by atoms with E-state index in [-0.39, 0.29) is 41.1 Å². The summed E-state index contributed by atoms with van der Waals surface area (Å²) in [5, 5.41) is 8.98. The molecule has 1 saturated carbocycles. The molecular weight excluding hydrogens is 563 g/mol. The van der Waals surface area contributed by atoms with Gasteiger partial charge in [-0.3, -0.25) is 9.59 Å². The maximum absolute atomic E-state index is 13.6. The van der Waals surface area contributed by atoms with Gasteiger partial charge in [-0.05, 0) is 64.0 Å². The number of methoxy groups -OCH3 is 1. The molecule has 238 valence electrons. The predicted molar refractivity (Wildman–Crippen MR) is 160 cm³/mol. The number of nitrogens with zero attached hydrogens (tertiary/aromatic N) is 3. The molecule has 2 amide bonds. The van der Waals surface area contributed by atoms with Crippen molar-refractivity contribution in [2.75, 3.05) is 37.9 Å². The number of ether oxygens (including phenoxy) is 1. The first-order chi connectivity index (χ1) is 20.2. The number of rotatable bonds is 7. The number of anilines is 3. The zero-order valence-corrected chi connectivity index (χ0v) is 25.6. The molecule has 0 unspecified atom stereocenters. The second-order valence-corrected chi connectivity index (χ2v) is 12.1. The number of hydrogen-bond donors (Lipinski definition) is 4. The van der Waals surface area contributed by atoms with Crippen molar-refractivity contribution in [3.8, 4) is 5.75 Å². The van der Waals surface area contributed by atoms with E-state index in [9.17, 15) is 22.8 Å². The first-order valence-corrected chi connectivity index (χ1v) is 14.6. The molecule has 0 radical (unpaired) electrons. The number of hydrogen-bond acceptors (Lipinski definition) is 8. The number of likely N-dealkylation sites (tertiary alicyclic amines) is 1. The summed E-state index contributed by atoms with van der Waals surface area (Å²) in [5.41, 5.74) is 4.55. The van der Waals surface area contributed by atoms with Gasteiger partial charge in [-0.2, -0.15) is 18.2 Å². The zero-order valence-electron chi connectivity index (χ0n) is 25.6. The molecule has 2 aromatic rings. The van der Waals surface area contributed by atoms with E-state index in [1.165, 1.54) is 7.11 Å². The smallest absolute Gasteiger partial charge is 0.421 e. The minimum Gasteiger partial charge on any atom is -0.495 e. The molecule has 1 aliphatic heterocycles. The van der Waals surface area contributed by atoms with Gasteiger partial charge in [0.1, 0.15) is 17.1 Å². The third-order valence-corrected chi connectivity index (χ3v) is 7.54. The lowest BCUT2D eigenvalue weighted by Crippen LogP contribution is -2.43. The average molecular weight is 608 g/mol. The quantitative estimate of drug-likeness (QED) is 0.332. The van der Waals surface area contributed by atoms with Crippen LogP contribution >= 0.6 is 0 Å². The van der Waals surface area contributed by atoms with Gasteiger partial charge in [0.05, 0.1) is 12.8 Å². The molecule has 0 bridgehead atoms. The number of amides is 2. The van der Waals surface area contributed by atoms with Crippen LogP contribution in [-0.2, 0) is 11.0 Å². The van der Waals surface area contributed by atoms with E-state index in [0.29, 0.717) is 17.0 Å². The van der Waals surface area contributed by atoms with Crippen LogP contribution in [-0.4, -0.2) is 66.0 Å². The lowest BCUT2D eigenvalue weighted by atomic mass is 9.95. The van der Waals surface area contributed by atoms with E-state index in [4.69, 9.17) is 10.5 Å². The van der Waals surface area contributed by atoms with Crippen molar-refractivity contribution in [3.63, 3.8) is 0 Å². The van der Waals surface area contributed by atoms with Crippen LogP contribution in [0.4, 0.5) is 30.6 Å². The lowest BCUT2D eigenvalue weighted by Gasteiger charge is -2.29. The molecule has 1 aliphatic carbocycles. The monoisotopic (exact) mass is 607 g/mol. The van der Waals surface area contributed by atoms with E-state index in [0.717, 1.165) is 64.2 Å². The SMILES string of the molecule is CC(C)(C)C(N)=O.COc1cc(C(=O)NC2CCN(C)CC2)ccc1Nc1ncc(C(F)(F)F)c(NC2CCCCC2)n1. The fraction of sp³-hybridized carbons (Fsp3) is 0.600. The van der Waals surface area contributed by atoms with Crippen molar-refractivity contribution in [2.24, 2.45) is 11.1 Å². The molecule has 2 fully saturated rings. The van der Waals surface area contributed by atoms with Gasteiger partial charge < -0.3 is 31.3 Å². The number of alkyl halides is 3. The maximum atomic E-state index is 13.6. The van der Waals surface area contributed by atoms with E-state index in [1.54, 1.807) is 39.0 Å². The molecule has 0 atom stereocenters. The molecular formula is C30H44F3N7O3. The summed E-state index contributed by atoms with van der Waals surface area (Å²) in [5.74, 6) is -0.328. The minimum absolute atomic E-state index is 0.00290. The average Bonchev–Trinajstić information content (AvgIpc) is 2.94. The normalized spacial score (nSPS) is 16.9. The summed E-state index contributed by atoms with van der Waals surface area (Å²) in [6.07, 6.45) is 2.65. The Kier molecular flexibility index (Phi) is 11.6. The molecule has 2 aliphatic rings. The summed E-state index contributed by atoms with van der Waals surface area (Å²) < 4.78 is 46.2. The first-order valence-electron chi connectivity index (χ1n) is 14.6. The van der Waals surface area contributed by atoms with E-state index >= 15 is 0 Å². The van der Waals surface area contributed by atoms with Crippen LogP contribution < -0.4 is 26.4 Å². The largest absolute Gasteiger partial charge is 0.495 e. The third-order valence-electron chi connectivity index (χ3n) is 7.54. The molecule has 5 N–H and O–H groups in total. The number of carbonyl (C=O) groups excluding carboxylic acids is 2. The lowest BCUT2D eigenvalue weighted by molar-refractivity contribution is -0.137. The molecule has 1 aromatic carbocycles. The van der Waals surface area contributed by atoms with Gasteiger partial charge in [-0.25, -0.2) is 4.98 Å². The van der Waals surface area contributed by atoms with Crippen LogP contribution in [0.1, 0.15) is 81.6 Å². The van der Waals surface area contributed by atoms with Crippen molar-refractivity contribution in [1.82, 2.24) is 20.2 Å². The maximum Gasteiger partial charge on any atom is 0.421 e. The standard InChI is InChI=1S/C25H33F3N6O2.C5H11NO/c1-34-12-10-18(11-13-34)31-23(35)16-8-9-20(21(14-16)36-2)32-24-29-15-19(25(26,27)28)22(33-24)30-17-6-4-3-5-7-17;1-5(2,3)4(6)7/h8-9,14-15,17-18H,3-7,10-13H2,1-2H3,(H,31,35)(H2,29,30,32,33);1-3H3,(H2,6,7). The Balaban J connectivity index is 0.000000646. The molecule has 1 saturated heterocycles. The molecule has 1 aromatic heterocycles. The van der Waals surface area contributed by atoms with Crippen molar-refractivity contribution in [2.45, 2.75) is 84.0 Å². The predicted octanol–water partition coefficient (Wildman–Crippen LogP) is 5.33. The van der Waals surface area contributed by atoms with Gasteiger partial charge in [0.15, 0.2) is 0 Å². The first kappa shape index (κ1) is 33.9. The third kappa shape index (κ3) is 10.3. The van der Waals surface area contributed by atoms with Gasteiger partial charge in [0, 0.05) is 29.3 Å². The Morgan fingerprint density at radius 1 is 1.02 bits per heavy atom. The Labute approximate surface area is 251 Å². The van der Waals surface area contributed by atoms with E-state index < -0.39 is 11.7 Å². The zero-order chi connectivity index (χ0) is 31.8. The van der Waals surface area contributed by atoms with Gasteiger partial charge in [0.25, 0.3) is 5.91 Å². The van der Waals surface area contributed by atoms with Crippen molar-refractivity contribution >= 4 is 29.3 Å². The highest BCUT2D eigenvalue weighted by Gasteiger charge is 2.36. The summed E-state index contributed by atoms with van der Waals surface area (Å²) >= 11 is 0. The minimum atomic E-state index is -4.57. The second kappa shape index (κ2) is 14.7. The Morgan fingerprint density at radius 3 is 2.21 bits per heavy atom. The van der Waals surface area contributed by atoms with E-state index in [1.807, 2.05) is 0 Å². The van der Waals surface area contributed by atoms with Crippen LogP contribution in [0.25, 0.3) is 0 Å².